The highest BCUT2D eigenvalue weighted by atomic mass is 32.2. The molecule has 2 aromatic carbocycles. The van der Waals surface area contributed by atoms with Crippen molar-refractivity contribution in [3.8, 4) is 5.75 Å². The largest absolute Gasteiger partial charge is 0.496 e. The van der Waals surface area contributed by atoms with Crippen LogP contribution in [0.1, 0.15) is 35.3 Å². The molecule has 0 saturated heterocycles. The van der Waals surface area contributed by atoms with Crippen LogP contribution in [0.15, 0.2) is 42.5 Å². The zero-order chi connectivity index (χ0) is 18.2. The van der Waals surface area contributed by atoms with Gasteiger partial charge in [-0.05, 0) is 49.2 Å². The maximum absolute atomic E-state index is 12.1. The lowest BCUT2D eigenvalue weighted by atomic mass is 10.1. The molecule has 0 aliphatic carbocycles. The van der Waals surface area contributed by atoms with Gasteiger partial charge in [0.05, 0.1) is 12.9 Å². The summed E-state index contributed by atoms with van der Waals surface area (Å²) < 4.78 is 5.33. The van der Waals surface area contributed by atoms with Crippen molar-refractivity contribution in [1.29, 1.82) is 0 Å². The summed E-state index contributed by atoms with van der Waals surface area (Å²) in [7, 11) is 1.60. The summed E-state index contributed by atoms with van der Waals surface area (Å²) in [5.41, 5.74) is 3.58. The van der Waals surface area contributed by atoms with E-state index >= 15 is 0 Å². The van der Waals surface area contributed by atoms with Gasteiger partial charge in [-0.25, -0.2) is 0 Å². The monoisotopic (exact) mass is 357 g/mol. The first-order chi connectivity index (χ1) is 12.0. The van der Waals surface area contributed by atoms with Crippen molar-refractivity contribution < 1.29 is 14.3 Å². The molecule has 5 heteroatoms. The number of ketones is 1. The fourth-order valence-electron chi connectivity index (χ4n) is 2.43. The Morgan fingerprint density at radius 2 is 1.96 bits per heavy atom. The van der Waals surface area contributed by atoms with Gasteiger partial charge in [-0.2, -0.15) is 0 Å². The smallest absolute Gasteiger partial charge is 0.234 e. The number of anilines is 1. The summed E-state index contributed by atoms with van der Waals surface area (Å²) in [5, 5.41) is 2.92. The Kier molecular flexibility index (Phi) is 7.07. The van der Waals surface area contributed by atoms with Crippen molar-refractivity contribution in [2.45, 2.75) is 26.0 Å². The predicted octanol–water partition coefficient (Wildman–Crippen LogP) is 4.33. The second kappa shape index (κ2) is 9.28. The molecule has 1 amide bonds. The van der Waals surface area contributed by atoms with E-state index < -0.39 is 0 Å². The van der Waals surface area contributed by atoms with Crippen molar-refractivity contribution in [2.24, 2.45) is 0 Å². The second-order valence-corrected chi connectivity index (χ2v) is 6.66. The summed E-state index contributed by atoms with van der Waals surface area (Å²) in [5.74, 6) is 1.65. The van der Waals surface area contributed by atoms with Crippen LogP contribution in [-0.4, -0.2) is 24.6 Å². The molecule has 0 radical (unpaired) electrons. The molecule has 132 valence electrons. The topological polar surface area (TPSA) is 55.4 Å². The van der Waals surface area contributed by atoms with Gasteiger partial charge in [0.2, 0.25) is 5.91 Å². The molecule has 4 nitrogen and oxygen atoms in total. The lowest BCUT2D eigenvalue weighted by Crippen LogP contribution is -2.14. The van der Waals surface area contributed by atoms with Crippen LogP contribution in [0, 0.1) is 0 Å². The van der Waals surface area contributed by atoms with Gasteiger partial charge in [0.1, 0.15) is 5.75 Å². The average Bonchev–Trinajstić information content (AvgIpc) is 2.61. The van der Waals surface area contributed by atoms with Crippen LogP contribution in [0.2, 0.25) is 0 Å². The summed E-state index contributed by atoms with van der Waals surface area (Å²) in [6, 6.07) is 13.2. The number of thioether (sulfide) groups is 1. The zero-order valence-corrected chi connectivity index (χ0v) is 15.6. The Morgan fingerprint density at radius 1 is 1.16 bits per heavy atom. The van der Waals surface area contributed by atoms with E-state index in [-0.39, 0.29) is 11.7 Å². The first kappa shape index (κ1) is 19.1. The highest BCUT2D eigenvalue weighted by molar-refractivity contribution is 7.99. The number of carbonyl (C=O) groups is 2. The lowest BCUT2D eigenvalue weighted by Gasteiger charge is -2.10. The molecule has 0 unspecified atom stereocenters. The standard InChI is InChI=1S/C20H23NO3S/c1-4-15-6-5-7-18(10-15)21-20(23)13-25-12-17-11-16(14(2)22)8-9-19(17)24-3/h5-11H,4,12-13H2,1-3H3,(H,21,23). The van der Waals surface area contributed by atoms with E-state index in [0.717, 1.165) is 23.4 Å². The Labute approximate surface area is 153 Å². The summed E-state index contributed by atoms with van der Waals surface area (Å²) in [4.78, 5) is 23.6. The van der Waals surface area contributed by atoms with Crippen molar-refractivity contribution in [2.75, 3.05) is 18.2 Å². The number of amides is 1. The van der Waals surface area contributed by atoms with E-state index in [1.165, 1.54) is 24.2 Å². The predicted molar refractivity (Wildman–Crippen MR) is 104 cm³/mol. The van der Waals surface area contributed by atoms with E-state index in [0.29, 0.717) is 17.1 Å². The van der Waals surface area contributed by atoms with Gasteiger partial charge in [0.25, 0.3) is 0 Å². The van der Waals surface area contributed by atoms with Gasteiger partial charge < -0.3 is 10.1 Å². The van der Waals surface area contributed by atoms with E-state index in [9.17, 15) is 9.59 Å². The van der Waals surface area contributed by atoms with Crippen LogP contribution in [0.3, 0.4) is 0 Å². The van der Waals surface area contributed by atoms with Crippen LogP contribution in [-0.2, 0) is 17.0 Å². The first-order valence-electron chi connectivity index (χ1n) is 8.18. The molecule has 0 aliphatic heterocycles. The van der Waals surface area contributed by atoms with Gasteiger partial charge >= 0.3 is 0 Å². The van der Waals surface area contributed by atoms with E-state index in [4.69, 9.17) is 4.74 Å². The Balaban J connectivity index is 1.92. The average molecular weight is 357 g/mol. The van der Waals surface area contributed by atoms with Gasteiger partial charge in [-0.3, -0.25) is 9.59 Å². The number of aryl methyl sites for hydroxylation is 1. The quantitative estimate of drug-likeness (QED) is 0.714. The van der Waals surface area contributed by atoms with Gasteiger partial charge in [-0.1, -0.05) is 19.1 Å². The number of rotatable bonds is 8. The number of hydrogen-bond donors (Lipinski definition) is 1. The number of benzene rings is 2. The first-order valence-corrected chi connectivity index (χ1v) is 9.33. The molecule has 0 atom stereocenters. The highest BCUT2D eigenvalue weighted by Gasteiger charge is 2.09. The number of Topliss-reactive ketones (excluding diaryl/α,β-unsaturated/α-hetero) is 1. The molecule has 0 saturated carbocycles. The van der Waals surface area contributed by atoms with Gasteiger partial charge in [0.15, 0.2) is 5.78 Å². The molecule has 25 heavy (non-hydrogen) atoms. The van der Waals surface area contributed by atoms with Crippen LogP contribution >= 0.6 is 11.8 Å². The molecule has 2 aromatic rings. The number of hydrogen-bond acceptors (Lipinski definition) is 4. The van der Waals surface area contributed by atoms with Crippen molar-refractivity contribution in [3.05, 3.63) is 59.2 Å². The van der Waals surface area contributed by atoms with Crippen molar-refractivity contribution in [3.63, 3.8) is 0 Å². The SMILES string of the molecule is CCc1cccc(NC(=O)CSCc2cc(C(C)=O)ccc2OC)c1. The maximum Gasteiger partial charge on any atom is 0.234 e. The Bertz CT molecular complexity index is 758. The number of nitrogens with one attached hydrogen (secondary N) is 1. The summed E-state index contributed by atoms with van der Waals surface area (Å²) in [6.07, 6.45) is 0.935. The third-order valence-electron chi connectivity index (χ3n) is 3.80. The molecule has 1 N–H and O–H groups in total. The molecule has 2 rings (SSSR count). The molecule has 0 bridgehead atoms. The fourth-order valence-corrected chi connectivity index (χ4v) is 3.24. The molecule has 0 heterocycles. The minimum atomic E-state index is -0.0417. The number of carbonyl (C=O) groups excluding carboxylic acids is 2. The summed E-state index contributed by atoms with van der Waals surface area (Å²) >= 11 is 1.49. The van der Waals surface area contributed by atoms with Gasteiger partial charge in [-0.15, -0.1) is 11.8 Å². The van der Waals surface area contributed by atoms with E-state index in [2.05, 4.69) is 12.2 Å². The van der Waals surface area contributed by atoms with E-state index in [1.807, 2.05) is 30.3 Å². The number of methoxy groups -OCH3 is 1. The van der Waals surface area contributed by atoms with Crippen molar-refractivity contribution >= 4 is 29.1 Å². The number of ether oxygens (including phenoxy) is 1. The molecule has 0 spiro atoms. The Hall–Kier alpha value is -2.27. The summed E-state index contributed by atoms with van der Waals surface area (Å²) in [6.45, 7) is 3.62. The maximum atomic E-state index is 12.1. The van der Waals surface area contributed by atoms with Crippen LogP contribution in [0.5, 0.6) is 5.75 Å². The van der Waals surface area contributed by atoms with Crippen LogP contribution in [0.4, 0.5) is 5.69 Å². The minimum Gasteiger partial charge on any atom is -0.496 e. The second-order valence-electron chi connectivity index (χ2n) is 5.68. The van der Waals surface area contributed by atoms with Crippen LogP contribution < -0.4 is 10.1 Å². The Morgan fingerprint density at radius 3 is 2.64 bits per heavy atom. The normalized spacial score (nSPS) is 10.4. The third-order valence-corrected chi connectivity index (χ3v) is 4.78. The lowest BCUT2D eigenvalue weighted by molar-refractivity contribution is -0.113. The van der Waals surface area contributed by atoms with E-state index in [1.54, 1.807) is 19.2 Å². The molecular weight excluding hydrogens is 334 g/mol. The minimum absolute atomic E-state index is 0.0162. The highest BCUT2D eigenvalue weighted by Crippen LogP contribution is 2.25. The van der Waals surface area contributed by atoms with Gasteiger partial charge in [0, 0.05) is 22.6 Å². The van der Waals surface area contributed by atoms with Crippen molar-refractivity contribution in [1.82, 2.24) is 0 Å². The fraction of sp³-hybridized carbons (Fsp3) is 0.300. The molecule has 0 fully saturated rings. The molecular formula is C20H23NO3S. The molecule has 0 aromatic heterocycles. The molecule has 0 aliphatic rings. The van der Waals surface area contributed by atoms with Crippen LogP contribution in [0.25, 0.3) is 0 Å². The zero-order valence-electron chi connectivity index (χ0n) is 14.8. The third kappa shape index (κ3) is 5.64.